The van der Waals surface area contributed by atoms with Crippen LogP contribution in [0.2, 0.25) is 0 Å². The molecule has 1 heterocycles. The number of hydrogen-bond donors (Lipinski definition) is 0. The van der Waals surface area contributed by atoms with E-state index < -0.39 is 16.3 Å². The van der Waals surface area contributed by atoms with Gasteiger partial charge in [-0.3, -0.25) is 14.4 Å². The zero-order chi connectivity index (χ0) is 9.84. The summed E-state index contributed by atoms with van der Waals surface area (Å²) in [6.45, 7) is 0. The molecule has 0 unspecified atom stereocenters. The summed E-state index contributed by atoms with van der Waals surface area (Å²) in [5.41, 5.74) is 0. The first-order chi connectivity index (χ1) is 6.15. The van der Waals surface area contributed by atoms with Gasteiger partial charge in [0.1, 0.15) is 0 Å². The summed E-state index contributed by atoms with van der Waals surface area (Å²) in [5.74, 6) is -1.000. The maximum Gasteiger partial charge on any atom is 0.293 e. The van der Waals surface area contributed by atoms with Gasteiger partial charge in [-0.05, 0) is 0 Å². The van der Waals surface area contributed by atoms with Crippen molar-refractivity contribution in [3.8, 4) is 0 Å². The van der Waals surface area contributed by atoms with Gasteiger partial charge in [-0.1, -0.05) is 0 Å². The molecule has 2 amide bonds. The molecule has 0 atom stereocenters. The summed E-state index contributed by atoms with van der Waals surface area (Å²) >= 11 is 1.09. The second-order valence-electron chi connectivity index (χ2n) is 1.90. The fourth-order valence-electron chi connectivity index (χ4n) is 0.634. The number of nitrogens with zero attached hydrogens (tertiary/aromatic N) is 1. The Morgan fingerprint density at radius 1 is 1.38 bits per heavy atom. The van der Waals surface area contributed by atoms with Crippen LogP contribution in [0.4, 0.5) is 4.79 Å². The number of amides is 2. The van der Waals surface area contributed by atoms with Crippen molar-refractivity contribution in [3.63, 3.8) is 0 Å². The fraction of sp³-hybridized carbons (Fsp3) is 0.167. The fourth-order valence-corrected chi connectivity index (χ4v) is 1.77. The molecule has 13 heavy (non-hydrogen) atoms. The first-order valence-corrected chi connectivity index (χ1v) is 4.65. The maximum absolute atomic E-state index is 10.9. The molecular weight excluding hydrogens is 214 g/mol. The molecule has 0 saturated heterocycles. The van der Waals surface area contributed by atoms with Gasteiger partial charge in [0, 0.05) is 12.2 Å². The molecule has 0 spiro atoms. The second kappa shape index (κ2) is 4.45. The van der Waals surface area contributed by atoms with E-state index in [-0.39, 0.29) is 0 Å². The van der Waals surface area contributed by atoms with E-state index in [1.54, 1.807) is 0 Å². The quantitative estimate of drug-likeness (QED) is 0.392. The maximum atomic E-state index is 10.9. The van der Waals surface area contributed by atoms with Crippen molar-refractivity contribution in [3.05, 3.63) is 12.2 Å². The Kier molecular flexibility index (Phi) is 3.52. The lowest BCUT2D eigenvalue weighted by atomic mass is 10.6. The van der Waals surface area contributed by atoms with Gasteiger partial charge in [-0.2, -0.15) is 0 Å². The molecule has 0 saturated carbocycles. The van der Waals surface area contributed by atoms with Crippen molar-refractivity contribution in [2.24, 2.45) is 0 Å². The largest absolute Gasteiger partial charge is 0.311 e. The first kappa shape index (κ1) is 10.3. The molecule has 0 aromatic carbocycles. The Balaban J connectivity index is 2.50. The van der Waals surface area contributed by atoms with Gasteiger partial charge in [0.2, 0.25) is 0 Å². The third-order valence-corrected chi connectivity index (χ3v) is 2.51. The Labute approximate surface area is 82.8 Å². The lowest BCUT2D eigenvalue weighted by Gasteiger charge is -2.08. The van der Waals surface area contributed by atoms with Crippen LogP contribution in [0, 0.1) is 0 Å². The Morgan fingerprint density at radius 2 is 1.92 bits per heavy atom. The van der Waals surface area contributed by atoms with Crippen molar-refractivity contribution in [1.29, 1.82) is 0 Å². The molecule has 0 bridgehead atoms. The van der Waals surface area contributed by atoms with Crippen LogP contribution in [0.5, 0.6) is 0 Å². The number of carbonyl (C=O) groups excluding carboxylic acids is 3. The van der Waals surface area contributed by atoms with Crippen LogP contribution in [0.3, 0.4) is 0 Å². The normalized spacial score (nSPS) is 15.6. The minimum atomic E-state index is -0.500. The number of imide groups is 1. The number of rotatable bonds is 2. The van der Waals surface area contributed by atoms with Crippen molar-refractivity contribution in [2.45, 2.75) is 0 Å². The second-order valence-corrected chi connectivity index (χ2v) is 3.94. The molecule has 0 aliphatic carbocycles. The van der Waals surface area contributed by atoms with Crippen LogP contribution < -0.4 is 0 Å². The first-order valence-electron chi connectivity index (χ1n) is 3.14. The topological polar surface area (TPSA) is 63.7 Å². The standard InChI is InChI=1S/C6H5NO4S2/c1-11-13-6(10)12-7-4(8)2-3-5(7)9/h2-3H,1H3. The van der Waals surface area contributed by atoms with E-state index in [1.165, 1.54) is 7.11 Å². The van der Waals surface area contributed by atoms with Crippen LogP contribution in [-0.4, -0.2) is 27.7 Å². The smallest absolute Gasteiger partial charge is 0.293 e. The monoisotopic (exact) mass is 219 g/mol. The Morgan fingerprint density at radius 3 is 2.38 bits per heavy atom. The van der Waals surface area contributed by atoms with Crippen molar-refractivity contribution < 1.29 is 18.6 Å². The highest BCUT2D eigenvalue weighted by Gasteiger charge is 2.27. The molecule has 0 fully saturated rings. The van der Waals surface area contributed by atoms with Crippen LogP contribution in [0.1, 0.15) is 0 Å². The van der Waals surface area contributed by atoms with Crippen LogP contribution in [-0.2, 0) is 13.8 Å². The Bertz CT molecular complexity index is 270. The summed E-state index contributed by atoms with van der Waals surface area (Å²) in [6, 6.07) is 0. The molecule has 5 nitrogen and oxygen atoms in total. The third-order valence-electron chi connectivity index (χ3n) is 1.09. The minimum Gasteiger partial charge on any atom is -0.311 e. The zero-order valence-corrected chi connectivity index (χ0v) is 8.18. The number of hydrogen-bond acceptors (Lipinski definition) is 6. The van der Waals surface area contributed by atoms with Gasteiger partial charge < -0.3 is 4.18 Å². The highest BCUT2D eigenvalue weighted by atomic mass is 32.2. The Hall–Kier alpha value is -0.790. The predicted octanol–water partition coefficient (Wildman–Crippen LogP) is 0.974. The molecular formula is C6H5NO4S2. The van der Waals surface area contributed by atoms with Gasteiger partial charge in [0.05, 0.1) is 31.1 Å². The van der Waals surface area contributed by atoms with E-state index in [4.69, 9.17) is 0 Å². The lowest BCUT2D eigenvalue weighted by molar-refractivity contribution is -0.130. The summed E-state index contributed by atoms with van der Waals surface area (Å²) in [7, 11) is 1.33. The van der Waals surface area contributed by atoms with Crippen LogP contribution >= 0.6 is 24.0 Å². The summed E-state index contributed by atoms with van der Waals surface area (Å²) in [6.07, 6.45) is 2.22. The lowest BCUT2D eigenvalue weighted by Crippen LogP contribution is -2.23. The van der Waals surface area contributed by atoms with Gasteiger partial charge in [-0.15, -0.1) is 0 Å². The minimum absolute atomic E-state index is 0.465. The highest BCUT2D eigenvalue weighted by molar-refractivity contribution is 8.36. The molecule has 1 rings (SSSR count). The molecule has 7 heteroatoms. The van der Waals surface area contributed by atoms with Crippen molar-refractivity contribution >= 4 is 40.3 Å². The molecule has 1 aliphatic heterocycles. The molecule has 0 N–H and O–H groups in total. The SMILES string of the molecule is COSC(=O)SN1C(=O)C=CC1=O. The van der Waals surface area contributed by atoms with Crippen molar-refractivity contribution in [1.82, 2.24) is 4.31 Å². The summed E-state index contributed by atoms with van der Waals surface area (Å²) in [5, 5.41) is 0. The molecule has 0 aromatic heterocycles. The van der Waals surface area contributed by atoms with E-state index in [0.29, 0.717) is 24.0 Å². The molecule has 0 radical (unpaired) electrons. The van der Waals surface area contributed by atoms with E-state index >= 15 is 0 Å². The average Bonchev–Trinajstić information content (AvgIpc) is 2.36. The van der Waals surface area contributed by atoms with E-state index in [2.05, 4.69) is 4.18 Å². The predicted molar refractivity (Wildman–Crippen MR) is 48.6 cm³/mol. The van der Waals surface area contributed by atoms with Crippen LogP contribution in [0.25, 0.3) is 0 Å². The van der Waals surface area contributed by atoms with E-state index in [0.717, 1.165) is 16.5 Å². The van der Waals surface area contributed by atoms with Crippen LogP contribution in [0.15, 0.2) is 12.2 Å². The van der Waals surface area contributed by atoms with E-state index in [9.17, 15) is 14.4 Å². The van der Waals surface area contributed by atoms with Gasteiger partial charge >= 0.3 is 0 Å². The third kappa shape index (κ3) is 2.58. The molecule has 0 aromatic rings. The van der Waals surface area contributed by atoms with Gasteiger partial charge in [0.25, 0.3) is 16.3 Å². The molecule has 70 valence electrons. The zero-order valence-electron chi connectivity index (χ0n) is 6.55. The van der Waals surface area contributed by atoms with Gasteiger partial charge in [-0.25, -0.2) is 4.31 Å². The highest BCUT2D eigenvalue weighted by Crippen LogP contribution is 2.23. The summed E-state index contributed by atoms with van der Waals surface area (Å²) in [4.78, 5) is 32.8. The van der Waals surface area contributed by atoms with E-state index in [1.807, 2.05) is 0 Å². The molecule has 1 aliphatic rings. The van der Waals surface area contributed by atoms with Crippen molar-refractivity contribution in [2.75, 3.05) is 7.11 Å². The number of carbonyl (C=O) groups is 3. The average molecular weight is 219 g/mol. The van der Waals surface area contributed by atoms with Gasteiger partial charge in [0.15, 0.2) is 0 Å². The summed E-state index contributed by atoms with van der Waals surface area (Å²) < 4.78 is 4.77.